The Bertz CT molecular complexity index is 601. The molecule has 1 aromatic rings. The molecule has 3 aliphatic rings. The summed E-state index contributed by atoms with van der Waals surface area (Å²) in [5, 5.41) is 0. The van der Waals surface area contributed by atoms with Gasteiger partial charge in [-0.1, -0.05) is 0 Å². The average molecular weight is 363 g/mol. The van der Waals surface area contributed by atoms with Crippen LogP contribution < -0.4 is 0 Å². The number of carbonyl (C=O) groups is 1. The van der Waals surface area contributed by atoms with Gasteiger partial charge in [-0.15, -0.1) is 11.3 Å². The van der Waals surface area contributed by atoms with Gasteiger partial charge in [0.2, 0.25) is 5.91 Å². The molecule has 25 heavy (non-hydrogen) atoms. The molecule has 1 aromatic heterocycles. The summed E-state index contributed by atoms with van der Waals surface area (Å²) in [4.78, 5) is 19.9. The van der Waals surface area contributed by atoms with Gasteiger partial charge in [0.25, 0.3) is 0 Å². The number of hydrogen-bond donors (Lipinski definition) is 0. The molecule has 3 aliphatic heterocycles. The zero-order chi connectivity index (χ0) is 17.3. The summed E-state index contributed by atoms with van der Waals surface area (Å²) in [7, 11) is 0. The van der Waals surface area contributed by atoms with Gasteiger partial charge in [-0.3, -0.25) is 9.69 Å². The van der Waals surface area contributed by atoms with Gasteiger partial charge in [-0.05, 0) is 57.1 Å². The van der Waals surface area contributed by atoms with E-state index in [1.807, 2.05) is 11.3 Å². The highest BCUT2D eigenvalue weighted by molar-refractivity contribution is 7.11. The Labute approximate surface area is 155 Å². The van der Waals surface area contributed by atoms with Crippen LogP contribution in [0.1, 0.15) is 48.3 Å². The van der Waals surface area contributed by atoms with E-state index in [0.29, 0.717) is 18.2 Å². The Morgan fingerprint density at radius 3 is 2.68 bits per heavy atom. The highest BCUT2D eigenvalue weighted by atomic mass is 32.1. The lowest BCUT2D eigenvalue weighted by Gasteiger charge is -2.38. The van der Waals surface area contributed by atoms with E-state index in [-0.39, 0.29) is 5.60 Å². The van der Waals surface area contributed by atoms with Crippen molar-refractivity contribution in [2.75, 3.05) is 32.8 Å². The molecular formula is C20H30N2O2S. The van der Waals surface area contributed by atoms with Gasteiger partial charge in [0.1, 0.15) is 0 Å². The van der Waals surface area contributed by atoms with Crippen LogP contribution in [0.25, 0.3) is 0 Å². The summed E-state index contributed by atoms with van der Waals surface area (Å²) >= 11 is 1.91. The van der Waals surface area contributed by atoms with Gasteiger partial charge in [-0.2, -0.15) is 0 Å². The molecule has 4 nitrogen and oxygen atoms in total. The minimum absolute atomic E-state index is 0.0534. The van der Waals surface area contributed by atoms with Crippen LogP contribution in [0.4, 0.5) is 0 Å². The van der Waals surface area contributed by atoms with Crippen LogP contribution in [0, 0.1) is 12.8 Å². The van der Waals surface area contributed by atoms with Gasteiger partial charge < -0.3 is 9.64 Å². The van der Waals surface area contributed by atoms with E-state index in [9.17, 15) is 4.79 Å². The molecule has 138 valence electrons. The molecule has 1 amide bonds. The number of rotatable bonds is 4. The first kappa shape index (κ1) is 17.5. The fraction of sp³-hybridized carbons (Fsp3) is 0.750. The number of aryl methyl sites for hydroxylation is 1. The maximum absolute atomic E-state index is 12.4. The summed E-state index contributed by atoms with van der Waals surface area (Å²) in [5.74, 6) is 0.785. The van der Waals surface area contributed by atoms with Crippen LogP contribution in [-0.2, 0) is 16.1 Å². The van der Waals surface area contributed by atoms with Gasteiger partial charge in [0.05, 0.1) is 12.2 Å². The summed E-state index contributed by atoms with van der Waals surface area (Å²) in [6.07, 6.45) is 6.36. The molecule has 4 rings (SSSR count). The molecule has 0 radical (unpaired) electrons. The molecule has 0 N–H and O–H groups in total. The summed E-state index contributed by atoms with van der Waals surface area (Å²) < 4.78 is 6.27. The molecular weight excluding hydrogens is 332 g/mol. The van der Waals surface area contributed by atoms with Gasteiger partial charge in [0, 0.05) is 48.9 Å². The zero-order valence-electron chi connectivity index (χ0n) is 15.3. The summed E-state index contributed by atoms with van der Waals surface area (Å²) in [6, 6.07) is 4.48. The Hall–Kier alpha value is -0.910. The fourth-order valence-corrected chi connectivity index (χ4v) is 5.60. The Kier molecular flexibility index (Phi) is 5.16. The molecule has 4 heterocycles. The van der Waals surface area contributed by atoms with E-state index in [2.05, 4.69) is 28.9 Å². The predicted molar refractivity (Wildman–Crippen MR) is 101 cm³/mol. The molecule has 1 atom stereocenters. The maximum atomic E-state index is 12.4. The molecule has 0 bridgehead atoms. The first-order valence-electron chi connectivity index (χ1n) is 9.81. The van der Waals surface area contributed by atoms with Crippen molar-refractivity contribution in [3.63, 3.8) is 0 Å². The van der Waals surface area contributed by atoms with Crippen molar-refractivity contribution in [3.8, 4) is 0 Å². The molecule has 0 saturated carbocycles. The minimum atomic E-state index is 0.0534. The van der Waals surface area contributed by atoms with Gasteiger partial charge in [-0.25, -0.2) is 0 Å². The van der Waals surface area contributed by atoms with E-state index < -0.39 is 0 Å². The number of thiophene rings is 1. The largest absolute Gasteiger partial charge is 0.375 e. The summed E-state index contributed by atoms with van der Waals surface area (Å²) in [6.45, 7) is 8.20. The quantitative estimate of drug-likeness (QED) is 0.822. The lowest BCUT2D eigenvalue weighted by atomic mass is 9.84. The third kappa shape index (κ3) is 4.09. The maximum Gasteiger partial charge on any atom is 0.222 e. The third-order valence-electron chi connectivity index (χ3n) is 6.15. The van der Waals surface area contributed by atoms with Crippen molar-refractivity contribution >= 4 is 17.2 Å². The third-order valence-corrected chi connectivity index (χ3v) is 7.14. The number of amides is 1. The van der Waals surface area contributed by atoms with Crippen molar-refractivity contribution in [1.82, 2.24) is 9.80 Å². The molecule has 0 aliphatic carbocycles. The first-order chi connectivity index (χ1) is 12.1. The smallest absolute Gasteiger partial charge is 0.222 e. The lowest BCUT2D eigenvalue weighted by molar-refractivity contribution is -0.131. The molecule has 5 heteroatoms. The van der Waals surface area contributed by atoms with Crippen LogP contribution in [-0.4, -0.2) is 54.1 Å². The van der Waals surface area contributed by atoms with Crippen molar-refractivity contribution < 1.29 is 9.53 Å². The van der Waals surface area contributed by atoms with Crippen LogP contribution in [0.2, 0.25) is 0 Å². The molecule has 1 spiro atoms. The molecule has 3 saturated heterocycles. The second-order valence-electron chi connectivity index (χ2n) is 8.14. The fourth-order valence-electron chi connectivity index (χ4n) is 4.67. The van der Waals surface area contributed by atoms with Crippen LogP contribution in [0.5, 0.6) is 0 Å². The Balaban J connectivity index is 1.25. The van der Waals surface area contributed by atoms with Crippen molar-refractivity contribution in [3.05, 3.63) is 21.9 Å². The monoisotopic (exact) mass is 362 g/mol. The lowest BCUT2D eigenvalue weighted by Crippen LogP contribution is -2.43. The van der Waals surface area contributed by atoms with E-state index in [4.69, 9.17) is 4.74 Å². The zero-order valence-corrected chi connectivity index (χ0v) is 16.2. The highest BCUT2D eigenvalue weighted by Gasteiger charge is 2.43. The molecule has 3 fully saturated rings. The van der Waals surface area contributed by atoms with E-state index >= 15 is 0 Å². The molecule has 0 unspecified atom stereocenters. The SMILES string of the molecule is Cc1ccc(CN2CCC3(CC2)C[C@@H](CC(=O)N2CCCC2)CO3)s1. The normalized spacial score (nSPS) is 26.6. The minimum Gasteiger partial charge on any atom is -0.375 e. The van der Waals surface area contributed by atoms with Crippen molar-refractivity contribution in [1.29, 1.82) is 0 Å². The van der Waals surface area contributed by atoms with Crippen LogP contribution in [0.3, 0.4) is 0 Å². The summed E-state index contributed by atoms with van der Waals surface area (Å²) in [5.41, 5.74) is 0.0534. The average Bonchev–Trinajstić information content (AvgIpc) is 3.33. The predicted octanol–water partition coefficient (Wildman–Crippen LogP) is 3.44. The van der Waals surface area contributed by atoms with E-state index in [1.54, 1.807) is 0 Å². The van der Waals surface area contributed by atoms with Crippen molar-refractivity contribution in [2.45, 2.75) is 57.6 Å². The number of carbonyl (C=O) groups excluding carboxylic acids is 1. The molecule has 0 aromatic carbocycles. The van der Waals surface area contributed by atoms with Gasteiger partial charge >= 0.3 is 0 Å². The Morgan fingerprint density at radius 2 is 2.00 bits per heavy atom. The number of likely N-dealkylation sites (tertiary alicyclic amines) is 2. The van der Waals surface area contributed by atoms with Crippen LogP contribution >= 0.6 is 11.3 Å². The standard InChI is InChI=1S/C20H30N2O2S/c1-16-4-5-18(25-16)14-21-10-6-20(7-11-21)13-17(15-24-20)12-19(23)22-8-2-3-9-22/h4-5,17H,2-3,6-15H2,1H3/t17-/m1/s1. The first-order valence-corrected chi connectivity index (χ1v) is 10.6. The number of ether oxygens (including phenoxy) is 1. The van der Waals surface area contributed by atoms with Crippen molar-refractivity contribution in [2.24, 2.45) is 5.92 Å². The van der Waals surface area contributed by atoms with E-state index in [1.165, 1.54) is 22.6 Å². The Morgan fingerprint density at radius 1 is 1.24 bits per heavy atom. The second kappa shape index (κ2) is 7.37. The highest BCUT2D eigenvalue weighted by Crippen LogP contribution is 2.40. The second-order valence-corrected chi connectivity index (χ2v) is 9.52. The number of piperidine rings is 1. The number of hydrogen-bond acceptors (Lipinski definition) is 4. The van der Waals surface area contributed by atoms with Crippen LogP contribution in [0.15, 0.2) is 12.1 Å². The number of nitrogens with zero attached hydrogens (tertiary/aromatic N) is 2. The topological polar surface area (TPSA) is 32.8 Å². The van der Waals surface area contributed by atoms with E-state index in [0.717, 1.165) is 58.6 Å². The van der Waals surface area contributed by atoms with Gasteiger partial charge in [0.15, 0.2) is 0 Å².